The van der Waals surface area contributed by atoms with Gasteiger partial charge in [-0.25, -0.2) is 4.39 Å². The van der Waals surface area contributed by atoms with Crippen LogP contribution in [-0.2, 0) is 0 Å². The Morgan fingerprint density at radius 2 is 2.00 bits per heavy atom. The minimum absolute atomic E-state index is 0.246. The molecule has 1 aliphatic carbocycles. The lowest BCUT2D eigenvalue weighted by Crippen LogP contribution is -2.16. The van der Waals surface area contributed by atoms with E-state index in [0.717, 1.165) is 31.2 Å². The van der Waals surface area contributed by atoms with Crippen molar-refractivity contribution >= 4 is 11.0 Å². The quantitative estimate of drug-likeness (QED) is 0.864. The number of aliphatic hydroxyl groups excluding tert-OH is 1. The fourth-order valence-electron chi connectivity index (χ4n) is 3.22. The number of fused-ring (bicyclic) bond motifs is 1. The van der Waals surface area contributed by atoms with E-state index in [-0.39, 0.29) is 11.7 Å². The number of hydrogen-bond acceptors (Lipinski definition) is 2. The average molecular weight is 262 g/mol. The van der Waals surface area contributed by atoms with Crippen LogP contribution < -0.4 is 0 Å². The predicted octanol–water partition coefficient (Wildman–Crippen LogP) is 4.49. The van der Waals surface area contributed by atoms with Gasteiger partial charge in [0.25, 0.3) is 0 Å². The third-order valence-corrected chi connectivity index (χ3v) is 4.30. The van der Waals surface area contributed by atoms with Crippen molar-refractivity contribution in [2.24, 2.45) is 5.92 Å². The van der Waals surface area contributed by atoms with Crippen LogP contribution in [-0.4, -0.2) is 5.11 Å². The van der Waals surface area contributed by atoms with Gasteiger partial charge in [0, 0.05) is 5.56 Å². The molecule has 0 radical (unpaired) electrons. The van der Waals surface area contributed by atoms with E-state index in [1.807, 2.05) is 6.92 Å². The van der Waals surface area contributed by atoms with Crippen molar-refractivity contribution in [3.05, 3.63) is 35.3 Å². The number of furan rings is 1. The summed E-state index contributed by atoms with van der Waals surface area (Å²) in [5.41, 5.74) is 1.27. The van der Waals surface area contributed by atoms with E-state index in [1.165, 1.54) is 12.5 Å². The minimum atomic E-state index is -0.605. The van der Waals surface area contributed by atoms with Gasteiger partial charge in [-0.2, -0.15) is 0 Å². The molecule has 0 aliphatic heterocycles. The standard InChI is InChI=1S/C16H19FO2/c1-10-14-12(17)8-5-9-13(14)19-16(10)15(18)11-6-3-2-4-7-11/h5,8-9,11,15,18H,2-4,6-7H2,1H3. The average Bonchev–Trinajstić information content (AvgIpc) is 2.78. The van der Waals surface area contributed by atoms with Gasteiger partial charge in [-0.15, -0.1) is 0 Å². The van der Waals surface area contributed by atoms with Crippen LogP contribution in [0.2, 0.25) is 0 Å². The number of rotatable bonds is 2. The topological polar surface area (TPSA) is 33.4 Å². The molecular formula is C16H19FO2. The van der Waals surface area contributed by atoms with Crippen LogP contribution in [0.3, 0.4) is 0 Å². The van der Waals surface area contributed by atoms with Crippen molar-refractivity contribution in [3.8, 4) is 0 Å². The summed E-state index contributed by atoms with van der Waals surface area (Å²) in [6.45, 7) is 1.83. The molecule has 2 aromatic rings. The normalized spacial score (nSPS) is 18.9. The highest BCUT2D eigenvalue weighted by molar-refractivity contribution is 5.82. The zero-order valence-corrected chi connectivity index (χ0v) is 11.2. The van der Waals surface area contributed by atoms with Crippen LogP contribution in [0.15, 0.2) is 22.6 Å². The van der Waals surface area contributed by atoms with Crippen LogP contribution in [0.5, 0.6) is 0 Å². The summed E-state index contributed by atoms with van der Waals surface area (Å²) in [6.07, 6.45) is 5.02. The molecule has 102 valence electrons. The summed E-state index contributed by atoms with van der Waals surface area (Å²) >= 11 is 0. The molecule has 3 rings (SSSR count). The van der Waals surface area contributed by atoms with E-state index in [0.29, 0.717) is 16.7 Å². The van der Waals surface area contributed by atoms with Crippen molar-refractivity contribution in [1.82, 2.24) is 0 Å². The molecule has 1 aliphatic rings. The molecule has 0 amide bonds. The van der Waals surface area contributed by atoms with Crippen molar-refractivity contribution in [2.75, 3.05) is 0 Å². The fourth-order valence-corrected chi connectivity index (χ4v) is 3.22. The van der Waals surface area contributed by atoms with Gasteiger partial charge < -0.3 is 9.52 Å². The molecule has 1 aromatic carbocycles. The Kier molecular flexibility index (Phi) is 3.31. The van der Waals surface area contributed by atoms with Gasteiger partial charge >= 0.3 is 0 Å². The number of hydrogen-bond donors (Lipinski definition) is 1. The van der Waals surface area contributed by atoms with Gasteiger partial charge in [-0.3, -0.25) is 0 Å². The molecule has 0 spiro atoms. The first-order valence-corrected chi connectivity index (χ1v) is 7.04. The maximum atomic E-state index is 13.8. The monoisotopic (exact) mass is 262 g/mol. The zero-order chi connectivity index (χ0) is 13.4. The van der Waals surface area contributed by atoms with Gasteiger partial charge in [0.05, 0.1) is 5.39 Å². The molecule has 19 heavy (non-hydrogen) atoms. The maximum absolute atomic E-state index is 13.8. The van der Waals surface area contributed by atoms with E-state index in [4.69, 9.17) is 4.42 Å². The van der Waals surface area contributed by atoms with E-state index < -0.39 is 6.10 Å². The fraction of sp³-hybridized carbons (Fsp3) is 0.500. The van der Waals surface area contributed by atoms with Gasteiger partial charge in [-0.1, -0.05) is 25.3 Å². The summed E-state index contributed by atoms with van der Waals surface area (Å²) in [7, 11) is 0. The van der Waals surface area contributed by atoms with Crippen LogP contribution in [0.1, 0.15) is 49.5 Å². The molecule has 1 atom stereocenters. The number of aliphatic hydroxyl groups is 1. The second-order valence-electron chi connectivity index (χ2n) is 5.55. The molecule has 1 aromatic heterocycles. The van der Waals surface area contributed by atoms with Gasteiger partial charge in [-0.05, 0) is 37.8 Å². The molecule has 1 heterocycles. The van der Waals surface area contributed by atoms with Crippen molar-refractivity contribution in [1.29, 1.82) is 0 Å². The predicted molar refractivity (Wildman–Crippen MR) is 72.4 cm³/mol. The number of aryl methyl sites for hydroxylation is 1. The number of benzene rings is 1. The van der Waals surface area contributed by atoms with Crippen LogP contribution in [0.4, 0.5) is 4.39 Å². The molecule has 2 nitrogen and oxygen atoms in total. The Hall–Kier alpha value is -1.35. The smallest absolute Gasteiger partial charge is 0.137 e. The van der Waals surface area contributed by atoms with E-state index >= 15 is 0 Å². The maximum Gasteiger partial charge on any atom is 0.137 e. The molecule has 1 saturated carbocycles. The Labute approximate surface area is 112 Å². The molecule has 3 heteroatoms. The first-order chi connectivity index (χ1) is 9.18. The first-order valence-electron chi connectivity index (χ1n) is 7.04. The molecule has 1 N–H and O–H groups in total. The molecule has 0 saturated heterocycles. The lowest BCUT2D eigenvalue weighted by atomic mass is 9.84. The first kappa shape index (κ1) is 12.7. The Balaban J connectivity index is 2.00. The van der Waals surface area contributed by atoms with E-state index in [9.17, 15) is 9.50 Å². The third-order valence-electron chi connectivity index (χ3n) is 4.30. The third kappa shape index (κ3) is 2.16. The van der Waals surface area contributed by atoms with Crippen LogP contribution in [0, 0.1) is 18.7 Å². The summed E-state index contributed by atoms with van der Waals surface area (Å²) in [6, 6.07) is 4.82. The highest BCUT2D eigenvalue weighted by Gasteiger charge is 2.28. The van der Waals surface area contributed by atoms with Gasteiger partial charge in [0.15, 0.2) is 0 Å². The lowest BCUT2D eigenvalue weighted by molar-refractivity contribution is 0.0661. The Morgan fingerprint density at radius 1 is 1.26 bits per heavy atom. The summed E-state index contributed by atoms with van der Waals surface area (Å²) in [5, 5.41) is 11.0. The highest BCUT2D eigenvalue weighted by atomic mass is 19.1. The van der Waals surface area contributed by atoms with Crippen LogP contribution >= 0.6 is 0 Å². The number of halogens is 1. The Bertz CT molecular complexity index is 582. The summed E-state index contributed by atoms with van der Waals surface area (Å²) < 4.78 is 19.5. The van der Waals surface area contributed by atoms with Crippen molar-refractivity contribution < 1.29 is 13.9 Å². The van der Waals surface area contributed by atoms with Gasteiger partial charge in [0.1, 0.15) is 23.3 Å². The Morgan fingerprint density at radius 3 is 2.68 bits per heavy atom. The summed E-state index contributed by atoms with van der Waals surface area (Å²) in [5.74, 6) is 0.518. The molecule has 1 unspecified atom stereocenters. The molecular weight excluding hydrogens is 243 g/mol. The van der Waals surface area contributed by atoms with E-state index in [1.54, 1.807) is 12.1 Å². The molecule has 1 fully saturated rings. The van der Waals surface area contributed by atoms with Crippen LogP contribution in [0.25, 0.3) is 11.0 Å². The zero-order valence-electron chi connectivity index (χ0n) is 11.2. The molecule has 0 bridgehead atoms. The minimum Gasteiger partial charge on any atom is -0.458 e. The SMILES string of the molecule is Cc1c(C(O)C2CCCCC2)oc2cccc(F)c12. The van der Waals surface area contributed by atoms with Crippen molar-refractivity contribution in [2.45, 2.75) is 45.1 Å². The second kappa shape index (κ2) is 4.97. The lowest BCUT2D eigenvalue weighted by Gasteiger charge is -2.25. The largest absolute Gasteiger partial charge is 0.458 e. The highest BCUT2D eigenvalue weighted by Crippen LogP contribution is 2.39. The van der Waals surface area contributed by atoms with Crippen molar-refractivity contribution in [3.63, 3.8) is 0 Å². The summed E-state index contributed by atoms with van der Waals surface area (Å²) in [4.78, 5) is 0. The van der Waals surface area contributed by atoms with Gasteiger partial charge in [0.2, 0.25) is 0 Å². The second-order valence-corrected chi connectivity index (χ2v) is 5.55. The van der Waals surface area contributed by atoms with E-state index in [2.05, 4.69) is 0 Å².